The third kappa shape index (κ3) is 2.06. The molecule has 2 aliphatic rings. The number of hydrogen-bond acceptors (Lipinski definition) is 3. The van der Waals surface area contributed by atoms with Crippen molar-refractivity contribution in [2.75, 3.05) is 31.9 Å². The number of fused-ring (bicyclic) bond motifs is 1. The number of nitrogen functional groups attached to an aromatic ring is 1. The van der Waals surface area contributed by atoms with Crippen LogP contribution in [-0.2, 0) is 0 Å². The highest BCUT2D eigenvalue weighted by Gasteiger charge is 2.37. The van der Waals surface area contributed by atoms with Crippen molar-refractivity contribution in [2.45, 2.75) is 6.04 Å². The number of urea groups is 1. The SMILES string of the molecule is Nc1cccc(Cl)c1C(=O)N1CCN2C(=O)NCC2C1. The Kier molecular flexibility index (Phi) is 3.17. The number of carbonyl (C=O) groups excluding carboxylic acids is 2. The Hall–Kier alpha value is -1.95. The number of rotatable bonds is 1. The monoisotopic (exact) mass is 294 g/mol. The van der Waals surface area contributed by atoms with Crippen LogP contribution >= 0.6 is 11.6 Å². The van der Waals surface area contributed by atoms with E-state index in [1.165, 1.54) is 0 Å². The molecule has 106 valence electrons. The predicted molar refractivity (Wildman–Crippen MR) is 75.7 cm³/mol. The van der Waals surface area contributed by atoms with Gasteiger partial charge in [-0.05, 0) is 12.1 Å². The summed E-state index contributed by atoms with van der Waals surface area (Å²) in [5.74, 6) is -0.174. The lowest BCUT2D eigenvalue weighted by molar-refractivity contribution is 0.0618. The van der Waals surface area contributed by atoms with E-state index in [2.05, 4.69) is 5.32 Å². The van der Waals surface area contributed by atoms with Crippen LogP contribution in [0.2, 0.25) is 5.02 Å². The first-order chi connectivity index (χ1) is 9.58. The Morgan fingerprint density at radius 2 is 2.20 bits per heavy atom. The molecule has 7 heteroatoms. The van der Waals surface area contributed by atoms with Crippen LogP contribution in [0, 0.1) is 0 Å². The summed E-state index contributed by atoms with van der Waals surface area (Å²) in [5, 5.41) is 3.14. The van der Waals surface area contributed by atoms with E-state index >= 15 is 0 Å². The van der Waals surface area contributed by atoms with E-state index in [1.54, 1.807) is 28.0 Å². The fraction of sp³-hybridized carbons (Fsp3) is 0.385. The average Bonchev–Trinajstić information content (AvgIpc) is 2.79. The van der Waals surface area contributed by atoms with Gasteiger partial charge >= 0.3 is 6.03 Å². The highest BCUT2D eigenvalue weighted by Crippen LogP contribution is 2.25. The van der Waals surface area contributed by atoms with E-state index < -0.39 is 0 Å². The van der Waals surface area contributed by atoms with Gasteiger partial charge in [0.2, 0.25) is 0 Å². The Morgan fingerprint density at radius 3 is 2.95 bits per heavy atom. The largest absolute Gasteiger partial charge is 0.398 e. The Labute approximate surface area is 121 Å². The number of hydrogen-bond donors (Lipinski definition) is 2. The second kappa shape index (κ2) is 4.86. The lowest BCUT2D eigenvalue weighted by Crippen LogP contribution is -2.53. The molecule has 1 atom stereocenters. The summed E-state index contributed by atoms with van der Waals surface area (Å²) in [6.45, 7) is 2.10. The molecular weight excluding hydrogens is 280 g/mol. The van der Waals surface area contributed by atoms with Crippen LogP contribution in [0.25, 0.3) is 0 Å². The van der Waals surface area contributed by atoms with Gasteiger partial charge in [0.25, 0.3) is 5.91 Å². The minimum absolute atomic E-state index is 0.0314. The minimum atomic E-state index is -0.174. The standard InChI is InChI=1S/C13H15ClN4O2/c14-9-2-1-3-10(15)11(9)12(19)17-4-5-18-8(7-17)6-16-13(18)20/h1-3,8H,4-7,15H2,(H,16,20). The topological polar surface area (TPSA) is 78.7 Å². The number of nitrogens with two attached hydrogens (primary N) is 1. The van der Waals surface area contributed by atoms with Crippen molar-refractivity contribution in [3.63, 3.8) is 0 Å². The van der Waals surface area contributed by atoms with Crippen LogP contribution in [0.1, 0.15) is 10.4 Å². The molecular formula is C13H15ClN4O2. The lowest BCUT2D eigenvalue weighted by Gasteiger charge is -2.36. The average molecular weight is 295 g/mol. The van der Waals surface area contributed by atoms with Crippen LogP contribution in [0.3, 0.4) is 0 Å². The quantitative estimate of drug-likeness (QED) is 0.751. The van der Waals surface area contributed by atoms with E-state index in [0.717, 1.165) is 0 Å². The highest BCUT2D eigenvalue weighted by atomic mass is 35.5. The Balaban J connectivity index is 1.80. The molecule has 0 bridgehead atoms. The predicted octanol–water partition coefficient (Wildman–Crippen LogP) is 0.772. The van der Waals surface area contributed by atoms with E-state index in [0.29, 0.717) is 42.5 Å². The first kappa shape index (κ1) is 13.1. The van der Waals surface area contributed by atoms with Crippen LogP contribution in [0.4, 0.5) is 10.5 Å². The minimum Gasteiger partial charge on any atom is -0.398 e. The van der Waals surface area contributed by atoms with Crippen molar-refractivity contribution < 1.29 is 9.59 Å². The summed E-state index contributed by atoms with van der Waals surface area (Å²) in [6.07, 6.45) is 0. The fourth-order valence-electron chi connectivity index (χ4n) is 2.71. The number of nitrogens with one attached hydrogen (secondary N) is 1. The lowest BCUT2D eigenvalue weighted by atomic mass is 10.1. The first-order valence-electron chi connectivity index (χ1n) is 6.45. The molecule has 3 rings (SSSR count). The molecule has 0 radical (unpaired) electrons. The zero-order valence-electron chi connectivity index (χ0n) is 10.8. The van der Waals surface area contributed by atoms with E-state index in [4.69, 9.17) is 17.3 Å². The number of halogens is 1. The van der Waals surface area contributed by atoms with E-state index in [9.17, 15) is 9.59 Å². The van der Waals surface area contributed by atoms with E-state index in [1.807, 2.05) is 0 Å². The third-order valence-electron chi connectivity index (χ3n) is 3.78. The second-order valence-corrected chi connectivity index (χ2v) is 5.40. The van der Waals surface area contributed by atoms with Gasteiger partial charge < -0.3 is 20.9 Å². The third-order valence-corrected chi connectivity index (χ3v) is 4.09. The molecule has 0 saturated carbocycles. The Bertz CT molecular complexity index is 557. The second-order valence-electron chi connectivity index (χ2n) is 4.99. The van der Waals surface area contributed by atoms with Crippen LogP contribution < -0.4 is 11.1 Å². The van der Waals surface area contributed by atoms with Gasteiger partial charge in [0.1, 0.15) is 0 Å². The van der Waals surface area contributed by atoms with Crippen LogP contribution in [-0.4, -0.2) is 54.0 Å². The number of piperazine rings is 1. The molecule has 0 spiro atoms. The normalized spacial score (nSPS) is 21.6. The summed E-state index contributed by atoms with van der Waals surface area (Å²) >= 11 is 6.07. The maximum atomic E-state index is 12.5. The van der Waals surface area contributed by atoms with Gasteiger partial charge in [-0.15, -0.1) is 0 Å². The van der Waals surface area contributed by atoms with Crippen LogP contribution in [0.5, 0.6) is 0 Å². The summed E-state index contributed by atoms with van der Waals surface area (Å²) in [6, 6.07) is 5.01. The van der Waals surface area contributed by atoms with Gasteiger partial charge in [-0.1, -0.05) is 17.7 Å². The van der Waals surface area contributed by atoms with Gasteiger partial charge in [-0.2, -0.15) is 0 Å². The molecule has 2 saturated heterocycles. The van der Waals surface area contributed by atoms with Crippen molar-refractivity contribution in [3.05, 3.63) is 28.8 Å². The van der Waals surface area contributed by atoms with Crippen LogP contribution in [0.15, 0.2) is 18.2 Å². The van der Waals surface area contributed by atoms with Gasteiger partial charge in [0.05, 0.1) is 16.6 Å². The fourth-order valence-corrected chi connectivity index (χ4v) is 2.98. The zero-order valence-corrected chi connectivity index (χ0v) is 11.6. The molecule has 0 aliphatic carbocycles. The highest BCUT2D eigenvalue weighted by molar-refractivity contribution is 6.34. The van der Waals surface area contributed by atoms with Crippen molar-refractivity contribution >= 4 is 29.2 Å². The summed E-state index contributed by atoms with van der Waals surface area (Å²) < 4.78 is 0. The molecule has 2 heterocycles. The van der Waals surface area contributed by atoms with Crippen molar-refractivity contribution in [1.29, 1.82) is 0 Å². The summed E-state index contributed by atoms with van der Waals surface area (Å²) in [7, 11) is 0. The van der Waals surface area contributed by atoms with Crippen molar-refractivity contribution in [2.24, 2.45) is 0 Å². The molecule has 1 aromatic carbocycles. The molecule has 3 N–H and O–H groups in total. The molecule has 20 heavy (non-hydrogen) atoms. The molecule has 1 aromatic rings. The van der Waals surface area contributed by atoms with Gasteiger partial charge in [0.15, 0.2) is 0 Å². The number of benzene rings is 1. The summed E-state index contributed by atoms with van der Waals surface area (Å²) in [4.78, 5) is 27.6. The zero-order chi connectivity index (χ0) is 14.3. The number of nitrogens with zero attached hydrogens (tertiary/aromatic N) is 2. The Morgan fingerprint density at radius 1 is 1.40 bits per heavy atom. The molecule has 0 aromatic heterocycles. The molecule has 2 fully saturated rings. The van der Waals surface area contributed by atoms with Gasteiger partial charge in [-0.3, -0.25) is 4.79 Å². The summed E-state index contributed by atoms with van der Waals surface area (Å²) in [5.41, 5.74) is 6.58. The molecule has 1 unspecified atom stereocenters. The maximum absolute atomic E-state index is 12.5. The van der Waals surface area contributed by atoms with Gasteiger partial charge in [-0.25, -0.2) is 4.79 Å². The van der Waals surface area contributed by atoms with Crippen molar-refractivity contribution in [3.8, 4) is 0 Å². The number of anilines is 1. The smallest absolute Gasteiger partial charge is 0.317 e. The molecule has 3 amide bonds. The maximum Gasteiger partial charge on any atom is 0.317 e. The molecule has 6 nitrogen and oxygen atoms in total. The number of amides is 3. The first-order valence-corrected chi connectivity index (χ1v) is 6.83. The number of carbonyl (C=O) groups is 2. The molecule has 2 aliphatic heterocycles. The van der Waals surface area contributed by atoms with E-state index in [-0.39, 0.29) is 18.0 Å². The van der Waals surface area contributed by atoms with Crippen molar-refractivity contribution in [1.82, 2.24) is 15.1 Å². The van der Waals surface area contributed by atoms with Gasteiger partial charge in [0, 0.05) is 31.9 Å².